The second-order valence-corrected chi connectivity index (χ2v) is 24.7. The van der Waals surface area contributed by atoms with Crippen LogP contribution in [0.25, 0.3) is 71.4 Å². The molecule has 3 aromatic heterocycles. The van der Waals surface area contributed by atoms with Gasteiger partial charge in [0, 0.05) is 28.6 Å². The Morgan fingerprint density at radius 1 is 0.589 bits per heavy atom. The molecule has 6 nitrogen and oxygen atoms in total. The van der Waals surface area contributed by atoms with Crippen LogP contribution in [0.3, 0.4) is 0 Å². The summed E-state index contributed by atoms with van der Waals surface area (Å²) in [6, 6.07) is 50.7. The van der Waals surface area contributed by atoms with Gasteiger partial charge in [-0.05, 0) is 119 Å². The minimum atomic E-state index is -0.705. The zero-order valence-corrected chi connectivity index (χ0v) is 44.5. The normalized spacial score (nSPS) is 13.9. The number of hydrogen-bond acceptors (Lipinski definition) is 2. The van der Waals surface area contributed by atoms with E-state index in [0.717, 1.165) is 55.5 Å². The Balaban J connectivity index is 1.19. The molecule has 0 amide bonds. The second kappa shape index (κ2) is 15.6. The number of aromatic nitrogens is 4. The molecule has 2 aliphatic rings. The van der Waals surface area contributed by atoms with Gasteiger partial charge in [-0.1, -0.05) is 180 Å². The van der Waals surface area contributed by atoms with Gasteiger partial charge in [0.1, 0.15) is 17.3 Å². The van der Waals surface area contributed by atoms with Crippen molar-refractivity contribution in [2.45, 2.75) is 110 Å². The molecule has 1 spiro atoms. The van der Waals surface area contributed by atoms with E-state index >= 15 is 0 Å². The fourth-order valence-corrected chi connectivity index (χ4v) is 12.1. The van der Waals surface area contributed by atoms with Crippen LogP contribution in [-0.4, -0.2) is 14.1 Å². The smallest absolute Gasteiger partial charge is 0.244 e. The first-order chi connectivity index (χ1) is 34.6. The molecule has 7 aromatic carbocycles. The lowest BCUT2D eigenvalue weighted by Crippen LogP contribution is -2.38. The quantitative estimate of drug-likeness (QED) is 0.130. The summed E-state index contributed by atoms with van der Waals surface area (Å²) in [5, 5.41) is 2.21. The van der Waals surface area contributed by atoms with Crippen LogP contribution in [0, 0.1) is 12.9 Å². The maximum atomic E-state index is 7.73. The Hall–Kier alpha value is -7.75. The van der Waals surface area contributed by atoms with Gasteiger partial charge in [-0.2, -0.15) is 0 Å². The van der Waals surface area contributed by atoms with E-state index in [0.29, 0.717) is 17.2 Å². The monoisotopic (exact) mass is 954 g/mol. The summed E-state index contributed by atoms with van der Waals surface area (Å²) < 4.78 is 14.1. The summed E-state index contributed by atoms with van der Waals surface area (Å²) >= 11 is 0. The number of aryl methyl sites for hydroxylation is 1. The topological polar surface area (TPSA) is 40.2 Å². The van der Waals surface area contributed by atoms with Crippen molar-refractivity contribution in [1.82, 2.24) is 14.1 Å². The van der Waals surface area contributed by atoms with E-state index in [4.69, 9.17) is 16.3 Å². The molecule has 73 heavy (non-hydrogen) atoms. The largest absolute Gasteiger partial charge is 0.457 e. The molecule has 1 aliphatic carbocycles. The first-order valence-electron chi connectivity index (χ1n) is 25.7. The molecule has 0 unspecified atom stereocenters. The van der Waals surface area contributed by atoms with Crippen LogP contribution >= 0.6 is 0 Å². The highest BCUT2D eigenvalue weighted by Gasteiger charge is 2.54. The third kappa shape index (κ3) is 6.88. The van der Waals surface area contributed by atoms with E-state index in [1.807, 2.05) is 42.6 Å². The molecule has 12 rings (SSSR count). The molecular formula is C67H63N5O. The number of benzene rings is 7. The van der Waals surface area contributed by atoms with E-state index in [1.165, 1.54) is 55.6 Å². The number of hydrogen-bond donors (Lipinski definition) is 0. The highest BCUT2D eigenvalue weighted by molar-refractivity contribution is 6.11. The van der Waals surface area contributed by atoms with Crippen LogP contribution < -0.4 is 9.30 Å². The van der Waals surface area contributed by atoms with E-state index in [-0.39, 0.29) is 21.7 Å². The number of nitrogens with zero attached hydrogens (tertiary/aromatic N) is 5. The molecule has 0 fully saturated rings. The summed E-state index contributed by atoms with van der Waals surface area (Å²) in [6.45, 7) is 36.2. The lowest BCUT2D eigenvalue weighted by atomic mass is 9.60. The molecule has 0 saturated heterocycles. The van der Waals surface area contributed by atoms with E-state index in [2.05, 4.69) is 218 Å². The summed E-state index contributed by atoms with van der Waals surface area (Å²) in [4.78, 5) is 8.58. The van der Waals surface area contributed by atoms with Crippen molar-refractivity contribution < 1.29 is 9.30 Å². The number of para-hydroxylation sites is 2. The van der Waals surface area contributed by atoms with Gasteiger partial charge in [0.05, 0.1) is 46.8 Å². The SMILES string of the molecule is [C-]#[N+]c1ccc(-c2cc3c4ccccc4n(-c4ccccn4)c3cc2Oc2ccc3c(c2)-n2[c-][n+](C)c4cccc(c42)C32c3c(cc(C(C)(C)C)cc3C(C)(C)C)-c3cc(C(C)(C)C)cc(C(C)(C)C)c32)cc1. The number of fused-ring (bicyclic) bond motifs is 12. The average Bonchev–Trinajstić information content (AvgIpc) is 3.97. The Morgan fingerprint density at radius 3 is 1.84 bits per heavy atom. The van der Waals surface area contributed by atoms with E-state index < -0.39 is 5.41 Å². The second-order valence-electron chi connectivity index (χ2n) is 24.7. The van der Waals surface area contributed by atoms with E-state index in [1.54, 1.807) is 0 Å². The number of pyridine rings is 1. The predicted molar refractivity (Wildman–Crippen MR) is 299 cm³/mol. The molecule has 0 N–H and O–H groups in total. The molecule has 10 aromatic rings. The lowest BCUT2D eigenvalue weighted by Gasteiger charge is -2.45. The molecule has 4 heterocycles. The Morgan fingerprint density at radius 2 is 1.23 bits per heavy atom. The van der Waals surface area contributed by atoms with Crippen molar-refractivity contribution in [2.75, 3.05) is 0 Å². The molecule has 362 valence electrons. The van der Waals surface area contributed by atoms with Crippen LogP contribution in [0.4, 0.5) is 5.69 Å². The number of rotatable bonds is 4. The van der Waals surface area contributed by atoms with Crippen molar-refractivity contribution in [3.05, 3.63) is 208 Å². The molecule has 6 heteroatoms. The standard InChI is InChI=1S/C67H63N5O/c1-63(2,3)41-32-48-49-33-42(64(4,5)6)35-53(66(10,11)12)61(49)67(60(48)52(34-41)65(7,8)9)50-30-29-44(36-57(50)71-39-70(14)55-23-19-21-51(67)62(55)71)73-58-38-56-47(37-46(58)40-25-27-43(68-13)28-26-40)45-20-15-16-22-54(45)72(56)59-24-17-18-31-69-59/h15-38H,1-12,14H3. The van der Waals surface area contributed by atoms with Crippen molar-refractivity contribution in [1.29, 1.82) is 0 Å². The molecular weight excluding hydrogens is 891 g/mol. The molecule has 0 atom stereocenters. The summed E-state index contributed by atoms with van der Waals surface area (Å²) in [5.41, 5.74) is 19.8. The first-order valence-corrected chi connectivity index (χ1v) is 25.7. The van der Waals surface area contributed by atoms with Crippen LogP contribution in [0.2, 0.25) is 0 Å². The fraction of sp³-hybridized carbons (Fsp3) is 0.269. The van der Waals surface area contributed by atoms with Crippen LogP contribution in [-0.2, 0) is 34.1 Å². The third-order valence-electron chi connectivity index (χ3n) is 15.7. The van der Waals surface area contributed by atoms with Crippen molar-refractivity contribution in [3.8, 4) is 45.3 Å². The molecule has 1 aliphatic heterocycles. The highest BCUT2D eigenvalue weighted by Crippen LogP contribution is 2.65. The van der Waals surface area contributed by atoms with E-state index in [9.17, 15) is 0 Å². The zero-order chi connectivity index (χ0) is 51.3. The predicted octanol–water partition coefficient (Wildman–Crippen LogP) is 16.6. The van der Waals surface area contributed by atoms with Gasteiger partial charge in [-0.25, -0.2) is 9.83 Å². The Bertz CT molecular complexity index is 3900. The van der Waals surface area contributed by atoms with Crippen LogP contribution in [0.5, 0.6) is 11.5 Å². The summed E-state index contributed by atoms with van der Waals surface area (Å²) in [7, 11) is 2.12. The Kier molecular flexibility index (Phi) is 9.92. The highest BCUT2D eigenvalue weighted by atomic mass is 16.5. The fourth-order valence-electron chi connectivity index (χ4n) is 12.1. The van der Waals surface area contributed by atoms with Gasteiger partial charge in [0.2, 0.25) is 6.33 Å². The van der Waals surface area contributed by atoms with Crippen LogP contribution in [0.15, 0.2) is 146 Å². The molecule has 0 bridgehead atoms. The van der Waals surface area contributed by atoms with Gasteiger partial charge in [0.25, 0.3) is 0 Å². The van der Waals surface area contributed by atoms with Crippen molar-refractivity contribution in [2.24, 2.45) is 7.05 Å². The summed E-state index contributed by atoms with van der Waals surface area (Å²) in [6.07, 6.45) is 5.64. The molecule has 0 saturated carbocycles. The lowest BCUT2D eigenvalue weighted by molar-refractivity contribution is -0.649. The van der Waals surface area contributed by atoms with Crippen molar-refractivity contribution >= 4 is 38.5 Å². The van der Waals surface area contributed by atoms with Gasteiger partial charge in [-0.15, -0.1) is 0 Å². The number of ether oxygens (including phenoxy) is 1. The van der Waals surface area contributed by atoms with Crippen molar-refractivity contribution in [3.63, 3.8) is 0 Å². The van der Waals surface area contributed by atoms with Gasteiger partial charge in [0.15, 0.2) is 5.69 Å². The summed E-state index contributed by atoms with van der Waals surface area (Å²) in [5.74, 6) is 2.24. The Labute approximate surface area is 430 Å². The van der Waals surface area contributed by atoms with Gasteiger partial charge >= 0.3 is 0 Å². The maximum absolute atomic E-state index is 7.73. The molecule has 0 radical (unpaired) electrons. The minimum Gasteiger partial charge on any atom is -0.457 e. The van der Waals surface area contributed by atoms with Crippen LogP contribution in [0.1, 0.15) is 128 Å². The number of imidazole rings is 1. The average molecular weight is 954 g/mol. The third-order valence-corrected chi connectivity index (χ3v) is 15.7. The zero-order valence-electron chi connectivity index (χ0n) is 44.5. The first kappa shape index (κ1) is 46.3. The maximum Gasteiger partial charge on any atom is 0.244 e. The van der Waals surface area contributed by atoms with Gasteiger partial charge in [-0.3, -0.25) is 4.57 Å². The minimum absolute atomic E-state index is 0.0829. The van der Waals surface area contributed by atoms with Gasteiger partial charge < -0.3 is 13.9 Å².